The van der Waals surface area contributed by atoms with Crippen LogP contribution in [0.1, 0.15) is 11.4 Å². The number of rotatable bonds is 3. The van der Waals surface area contributed by atoms with Gasteiger partial charge in [-0.15, -0.1) is 0 Å². The highest BCUT2D eigenvalue weighted by atomic mass is 16.2. The zero-order chi connectivity index (χ0) is 14.8. The van der Waals surface area contributed by atoms with Crippen molar-refractivity contribution in [2.75, 3.05) is 23.7 Å². The number of anilines is 2. The lowest BCUT2D eigenvalue weighted by Gasteiger charge is -2.19. The summed E-state index contributed by atoms with van der Waals surface area (Å²) >= 11 is 0. The summed E-state index contributed by atoms with van der Waals surface area (Å²) < 4.78 is 0. The Morgan fingerprint density at radius 1 is 1.14 bits per heavy atom. The number of nitrogens with two attached hydrogens (primary N) is 1. The Hall–Kier alpha value is -2.56. The topological polar surface area (TPSA) is 62.5 Å². The monoisotopic (exact) mass is 282 g/mol. The number of para-hydroxylation sites is 2. The Morgan fingerprint density at radius 2 is 1.95 bits per heavy atom. The first-order chi connectivity index (χ1) is 10.1. The van der Waals surface area contributed by atoms with Crippen LogP contribution in [0.15, 0.2) is 42.5 Å². The van der Waals surface area contributed by atoms with Gasteiger partial charge in [0.25, 0.3) is 0 Å². The number of aryl methyl sites for hydroxylation is 1. The maximum absolute atomic E-state index is 12.5. The molecule has 0 radical (unpaired) electrons. The number of hydrogen-bond donors (Lipinski definition) is 1. The van der Waals surface area contributed by atoms with Crippen LogP contribution in [-0.2, 0) is 6.54 Å². The third kappa shape index (κ3) is 2.67. The molecule has 2 amide bonds. The van der Waals surface area contributed by atoms with Crippen molar-refractivity contribution in [3.63, 3.8) is 0 Å². The second-order valence-corrected chi connectivity index (χ2v) is 5.18. The number of aromatic nitrogens is 1. The lowest BCUT2D eigenvalue weighted by atomic mass is 10.2. The van der Waals surface area contributed by atoms with Crippen LogP contribution < -0.4 is 10.6 Å². The maximum atomic E-state index is 12.5. The van der Waals surface area contributed by atoms with Crippen LogP contribution in [0, 0.1) is 6.92 Å². The molecule has 5 heteroatoms. The lowest BCUT2D eigenvalue weighted by Crippen LogP contribution is -2.32. The van der Waals surface area contributed by atoms with E-state index in [4.69, 9.17) is 5.73 Å². The summed E-state index contributed by atoms with van der Waals surface area (Å²) in [5, 5.41) is 0. The molecule has 1 saturated heterocycles. The van der Waals surface area contributed by atoms with E-state index in [1.807, 2.05) is 49.4 Å². The van der Waals surface area contributed by atoms with Gasteiger partial charge in [-0.2, -0.15) is 0 Å². The molecule has 0 aliphatic carbocycles. The van der Waals surface area contributed by atoms with Crippen LogP contribution in [0.25, 0.3) is 0 Å². The van der Waals surface area contributed by atoms with Crippen molar-refractivity contribution in [2.24, 2.45) is 0 Å². The summed E-state index contributed by atoms with van der Waals surface area (Å²) in [4.78, 5) is 20.5. The third-order valence-corrected chi connectivity index (χ3v) is 3.62. The maximum Gasteiger partial charge on any atom is 0.325 e. The molecule has 0 unspecified atom stereocenters. The predicted molar refractivity (Wildman–Crippen MR) is 83.0 cm³/mol. The molecule has 2 heterocycles. The summed E-state index contributed by atoms with van der Waals surface area (Å²) in [5.74, 6) is 0. The van der Waals surface area contributed by atoms with Crippen LogP contribution >= 0.6 is 0 Å². The minimum atomic E-state index is -0.0174. The Balaban J connectivity index is 1.76. The van der Waals surface area contributed by atoms with Gasteiger partial charge in [0.05, 0.1) is 23.6 Å². The van der Waals surface area contributed by atoms with Crippen LogP contribution in [0.4, 0.5) is 16.2 Å². The zero-order valence-corrected chi connectivity index (χ0v) is 12.0. The van der Waals surface area contributed by atoms with Crippen LogP contribution in [0.5, 0.6) is 0 Å². The van der Waals surface area contributed by atoms with Gasteiger partial charge in [-0.05, 0) is 31.2 Å². The summed E-state index contributed by atoms with van der Waals surface area (Å²) in [6.07, 6.45) is 0. The number of carbonyl (C=O) groups is 1. The van der Waals surface area contributed by atoms with Crippen molar-refractivity contribution in [3.05, 3.63) is 53.9 Å². The van der Waals surface area contributed by atoms with Crippen LogP contribution in [-0.4, -0.2) is 29.0 Å². The SMILES string of the molecule is Cc1cccc(CN2CCN(c3ccccc3N)C2=O)n1. The highest BCUT2D eigenvalue weighted by Crippen LogP contribution is 2.26. The van der Waals surface area contributed by atoms with Gasteiger partial charge in [0.2, 0.25) is 0 Å². The van der Waals surface area contributed by atoms with Crippen LogP contribution in [0.2, 0.25) is 0 Å². The molecule has 3 rings (SSSR count). The molecule has 5 nitrogen and oxygen atoms in total. The Morgan fingerprint density at radius 3 is 2.71 bits per heavy atom. The second-order valence-electron chi connectivity index (χ2n) is 5.18. The minimum absolute atomic E-state index is 0.0174. The number of urea groups is 1. The summed E-state index contributed by atoms with van der Waals surface area (Å²) in [6.45, 7) is 3.82. The standard InChI is InChI=1S/C16H18N4O/c1-12-5-4-6-13(18-12)11-19-9-10-20(16(19)21)15-8-3-2-7-14(15)17/h2-8H,9-11,17H2,1H3. The van der Waals surface area contributed by atoms with Gasteiger partial charge in [0, 0.05) is 18.8 Å². The highest BCUT2D eigenvalue weighted by molar-refractivity contribution is 5.96. The van der Waals surface area contributed by atoms with E-state index in [0.29, 0.717) is 25.3 Å². The molecule has 2 N–H and O–H groups in total. The van der Waals surface area contributed by atoms with E-state index < -0.39 is 0 Å². The molecule has 0 atom stereocenters. The molecule has 1 aliphatic heterocycles. The Bertz CT molecular complexity index is 671. The van der Waals surface area contributed by atoms with Gasteiger partial charge in [-0.1, -0.05) is 18.2 Å². The average molecular weight is 282 g/mol. The van der Waals surface area contributed by atoms with E-state index in [1.165, 1.54) is 0 Å². The fraction of sp³-hybridized carbons (Fsp3) is 0.250. The Labute approximate surface area is 124 Å². The van der Waals surface area contributed by atoms with Gasteiger partial charge in [-0.3, -0.25) is 9.88 Å². The van der Waals surface area contributed by atoms with Crippen molar-refractivity contribution in [1.29, 1.82) is 0 Å². The molecular formula is C16H18N4O. The first-order valence-electron chi connectivity index (χ1n) is 6.98. The number of pyridine rings is 1. The highest BCUT2D eigenvalue weighted by Gasteiger charge is 2.30. The van der Waals surface area contributed by atoms with Crippen molar-refractivity contribution in [2.45, 2.75) is 13.5 Å². The molecule has 1 fully saturated rings. The van der Waals surface area contributed by atoms with Gasteiger partial charge in [-0.25, -0.2) is 4.79 Å². The van der Waals surface area contributed by atoms with Gasteiger partial charge in [0.1, 0.15) is 0 Å². The molecule has 108 valence electrons. The number of nitrogen functional groups attached to an aromatic ring is 1. The number of nitrogens with zero attached hydrogens (tertiary/aromatic N) is 3. The summed E-state index contributed by atoms with van der Waals surface area (Å²) in [6, 6.07) is 13.3. The van der Waals surface area contributed by atoms with Crippen molar-refractivity contribution in [1.82, 2.24) is 9.88 Å². The Kier molecular flexibility index (Phi) is 3.48. The molecule has 1 aliphatic rings. The number of carbonyl (C=O) groups excluding carboxylic acids is 1. The fourth-order valence-corrected chi connectivity index (χ4v) is 2.57. The van der Waals surface area contributed by atoms with Gasteiger partial charge in [0.15, 0.2) is 0 Å². The van der Waals surface area contributed by atoms with Gasteiger partial charge < -0.3 is 10.6 Å². The van der Waals surface area contributed by atoms with Crippen molar-refractivity contribution in [3.8, 4) is 0 Å². The third-order valence-electron chi connectivity index (χ3n) is 3.62. The normalized spacial score (nSPS) is 14.8. The molecule has 0 spiro atoms. The van der Waals surface area contributed by atoms with E-state index >= 15 is 0 Å². The van der Waals surface area contributed by atoms with Crippen LogP contribution in [0.3, 0.4) is 0 Å². The summed E-state index contributed by atoms with van der Waals surface area (Å²) in [5.41, 5.74) is 9.23. The largest absolute Gasteiger partial charge is 0.397 e. The molecule has 0 bridgehead atoms. The van der Waals surface area contributed by atoms with E-state index in [-0.39, 0.29) is 6.03 Å². The average Bonchev–Trinajstić information content (AvgIpc) is 2.81. The molecular weight excluding hydrogens is 264 g/mol. The quantitative estimate of drug-likeness (QED) is 0.879. The van der Waals surface area contributed by atoms with E-state index in [2.05, 4.69) is 4.98 Å². The summed E-state index contributed by atoms with van der Waals surface area (Å²) in [7, 11) is 0. The number of amides is 2. The zero-order valence-electron chi connectivity index (χ0n) is 12.0. The van der Waals surface area contributed by atoms with Crippen molar-refractivity contribution >= 4 is 17.4 Å². The van der Waals surface area contributed by atoms with E-state index in [1.54, 1.807) is 9.80 Å². The van der Waals surface area contributed by atoms with Gasteiger partial charge >= 0.3 is 6.03 Å². The lowest BCUT2D eigenvalue weighted by molar-refractivity contribution is 0.218. The minimum Gasteiger partial charge on any atom is -0.397 e. The van der Waals surface area contributed by atoms with E-state index in [9.17, 15) is 4.79 Å². The molecule has 0 saturated carbocycles. The van der Waals surface area contributed by atoms with E-state index in [0.717, 1.165) is 17.1 Å². The number of benzene rings is 1. The molecule has 21 heavy (non-hydrogen) atoms. The first-order valence-corrected chi connectivity index (χ1v) is 6.98. The smallest absolute Gasteiger partial charge is 0.325 e. The molecule has 1 aromatic carbocycles. The molecule has 2 aromatic rings. The molecule has 1 aromatic heterocycles. The predicted octanol–water partition coefficient (Wildman–Crippen LogP) is 2.41. The fourth-order valence-electron chi connectivity index (χ4n) is 2.57. The van der Waals surface area contributed by atoms with Crippen molar-refractivity contribution < 1.29 is 4.79 Å². The first kappa shape index (κ1) is 13.4. The number of hydrogen-bond acceptors (Lipinski definition) is 3. The second kappa shape index (κ2) is 5.44.